The van der Waals surface area contributed by atoms with Crippen molar-refractivity contribution in [1.82, 2.24) is 4.90 Å². The normalized spacial score (nSPS) is 16.9. The molecule has 5 rings (SSSR count). The molecule has 178 valence electrons. The molecule has 0 spiro atoms. The van der Waals surface area contributed by atoms with E-state index in [1.54, 1.807) is 48.5 Å². The summed E-state index contributed by atoms with van der Waals surface area (Å²) in [6.45, 7) is 0.920. The fourth-order valence-electron chi connectivity index (χ4n) is 4.28. The van der Waals surface area contributed by atoms with Crippen LogP contribution >= 0.6 is 11.6 Å². The van der Waals surface area contributed by atoms with Crippen molar-refractivity contribution in [3.8, 4) is 11.5 Å². The molecule has 0 radical (unpaired) electrons. The number of carbonyl (C=O) groups is 3. The first kappa shape index (κ1) is 23.1. The summed E-state index contributed by atoms with van der Waals surface area (Å²) in [4.78, 5) is 39.3. The van der Waals surface area contributed by atoms with Crippen molar-refractivity contribution in [3.05, 3.63) is 88.4 Å². The first-order chi connectivity index (χ1) is 17.0. The monoisotopic (exact) mass is 490 g/mol. The number of ether oxygens (including phenoxy) is 2. The Hall–Kier alpha value is -3.68. The van der Waals surface area contributed by atoms with Crippen LogP contribution in [0, 0.1) is 0 Å². The van der Waals surface area contributed by atoms with Crippen LogP contribution in [0.3, 0.4) is 0 Å². The number of nitrogens with one attached hydrogen (secondary N) is 1. The van der Waals surface area contributed by atoms with Crippen LogP contribution in [0.4, 0.5) is 5.69 Å². The largest absolute Gasteiger partial charge is 0.457 e. The van der Waals surface area contributed by atoms with Crippen molar-refractivity contribution in [2.75, 3.05) is 18.5 Å². The molecule has 2 aliphatic heterocycles. The molecule has 0 bridgehead atoms. The zero-order valence-electron chi connectivity index (χ0n) is 18.8. The van der Waals surface area contributed by atoms with Crippen LogP contribution in [0.5, 0.6) is 11.5 Å². The molecule has 0 saturated carbocycles. The molecule has 0 aliphatic carbocycles. The zero-order chi connectivity index (χ0) is 24.4. The van der Waals surface area contributed by atoms with Crippen molar-refractivity contribution in [2.24, 2.45) is 0 Å². The summed E-state index contributed by atoms with van der Waals surface area (Å²) in [5, 5.41) is 3.38. The summed E-state index contributed by atoms with van der Waals surface area (Å²) in [7, 11) is 0. The molecular weight excluding hydrogens is 468 g/mol. The highest BCUT2D eigenvalue weighted by Gasteiger charge is 2.37. The summed E-state index contributed by atoms with van der Waals surface area (Å²) in [6.07, 6.45) is 1.82. The molecule has 3 amide bonds. The third kappa shape index (κ3) is 5.06. The van der Waals surface area contributed by atoms with Crippen LogP contribution in [-0.4, -0.2) is 41.9 Å². The lowest BCUT2D eigenvalue weighted by Gasteiger charge is -2.17. The lowest BCUT2D eigenvalue weighted by molar-refractivity contribution is -0.115. The lowest BCUT2D eigenvalue weighted by atomic mass is 10.1. The summed E-state index contributed by atoms with van der Waals surface area (Å²) in [6, 6.07) is 19.0. The molecule has 3 aromatic carbocycles. The van der Waals surface area contributed by atoms with Crippen molar-refractivity contribution < 1.29 is 23.9 Å². The van der Waals surface area contributed by atoms with E-state index in [0.717, 1.165) is 18.4 Å². The van der Waals surface area contributed by atoms with Gasteiger partial charge in [0.1, 0.15) is 11.5 Å². The van der Waals surface area contributed by atoms with Crippen LogP contribution in [0.25, 0.3) is 0 Å². The maximum absolute atomic E-state index is 12.9. The topological polar surface area (TPSA) is 84.9 Å². The number of hydrogen-bond donors (Lipinski definition) is 1. The first-order valence-electron chi connectivity index (χ1n) is 11.4. The van der Waals surface area contributed by atoms with Gasteiger partial charge in [-0.2, -0.15) is 0 Å². The molecule has 0 aromatic heterocycles. The minimum Gasteiger partial charge on any atom is -0.457 e. The van der Waals surface area contributed by atoms with Crippen LogP contribution in [0.1, 0.15) is 39.1 Å². The number of amides is 3. The molecule has 1 saturated heterocycles. The molecule has 8 heteroatoms. The van der Waals surface area contributed by atoms with Gasteiger partial charge in [-0.15, -0.1) is 0 Å². The predicted molar refractivity (Wildman–Crippen MR) is 131 cm³/mol. The van der Waals surface area contributed by atoms with E-state index in [1.807, 2.05) is 18.2 Å². The van der Waals surface area contributed by atoms with Gasteiger partial charge in [-0.1, -0.05) is 35.9 Å². The number of carbonyl (C=O) groups excluding carboxylic acids is 3. The molecular formula is C27H23ClN2O5. The van der Waals surface area contributed by atoms with Gasteiger partial charge in [0.05, 0.1) is 30.2 Å². The number of rotatable bonds is 7. The van der Waals surface area contributed by atoms with Crippen LogP contribution in [0.2, 0.25) is 5.02 Å². The maximum atomic E-state index is 12.9. The van der Waals surface area contributed by atoms with E-state index in [0.29, 0.717) is 39.9 Å². The van der Waals surface area contributed by atoms with Crippen LogP contribution < -0.4 is 10.1 Å². The number of imide groups is 1. The average molecular weight is 491 g/mol. The second-order valence-corrected chi connectivity index (χ2v) is 8.92. The fraction of sp³-hybridized carbons (Fsp3) is 0.222. The minimum absolute atomic E-state index is 0.108. The standard InChI is InChI=1S/C27H23ClN2O5/c28-24-9-2-1-5-17(24)13-25(31)29-18-6-3-7-19(14-18)35-20-10-11-22-23(15-20)27(33)30(26(22)32)16-21-8-4-12-34-21/h1-3,5-7,9-11,14-15,21H,4,8,12-13,16H2,(H,29,31). The SMILES string of the molecule is O=C(Cc1ccccc1Cl)Nc1cccc(Oc2ccc3c(c2)C(=O)N(CC2CCCO2)C3=O)c1. The third-order valence-corrected chi connectivity index (χ3v) is 6.38. The van der Waals surface area contributed by atoms with Crippen LogP contribution in [0.15, 0.2) is 66.7 Å². The van der Waals surface area contributed by atoms with E-state index >= 15 is 0 Å². The van der Waals surface area contributed by atoms with Gasteiger partial charge in [0.25, 0.3) is 11.8 Å². The van der Waals surface area contributed by atoms with Gasteiger partial charge >= 0.3 is 0 Å². The number of anilines is 1. The van der Waals surface area contributed by atoms with E-state index in [9.17, 15) is 14.4 Å². The highest BCUT2D eigenvalue weighted by atomic mass is 35.5. The summed E-state index contributed by atoms with van der Waals surface area (Å²) in [5.41, 5.74) is 1.98. The Bertz CT molecular complexity index is 1300. The van der Waals surface area contributed by atoms with E-state index < -0.39 is 0 Å². The van der Waals surface area contributed by atoms with E-state index in [4.69, 9.17) is 21.1 Å². The Morgan fingerprint density at radius 2 is 1.80 bits per heavy atom. The van der Waals surface area contributed by atoms with Crippen molar-refractivity contribution >= 4 is 35.0 Å². The molecule has 1 unspecified atom stereocenters. The van der Waals surface area contributed by atoms with Gasteiger partial charge in [0.15, 0.2) is 0 Å². The summed E-state index contributed by atoms with van der Waals surface area (Å²) >= 11 is 6.14. The molecule has 35 heavy (non-hydrogen) atoms. The van der Waals surface area contributed by atoms with E-state index in [2.05, 4.69) is 5.32 Å². The third-order valence-electron chi connectivity index (χ3n) is 6.01. The second-order valence-electron chi connectivity index (χ2n) is 8.51. The Morgan fingerprint density at radius 1 is 1.00 bits per heavy atom. The molecule has 1 fully saturated rings. The van der Waals surface area contributed by atoms with Gasteiger partial charge in [-0.05, 0) is 54.8 Å². The fourth-order valence-corrected chi connectivity index (χ4v) is 4.49. The van der Waals surface area contributed by atoms with Gasteiger partial charge in [0, 0.05) is 23.4 Å². The second kappa shape index (κ2) is 9.90. The molecule has 2 aliphatic rings. The highest BCUT2D eigenvalue weighted by Crippen LogP contribution is 2.31. The number of halogens is 1. The molecule has 7 nitrogen and oxygen atoms in total. The quantitative estimate of drug-likeness (QED) is 0.466. The molecule has 2 heterocycles. The van der Waals surface area contributed by atoms with Gasteiger partial charge < -0.3 is 14.8 Å². The van der Waals surface area contributed by atoms with Crippen molar-refractivity contribution in [2.45, 2.75) is 25.4 Å². The van der Waals surface area contributed by atoms with Crippen molar-refractivity contribution in [3.63, 3.8) is 0 Å². The number of hydrogen-bond acceptors (Lipinski definition) is 5. The summed E-state index contributed by atoms with van der Waals surface area (Å²) in [5.74, 6) is 0.0435. The van der Waals surface area contributed by atoms with Crippen LogP contribution in [-0.2, 0) is 16.0 Å². The number of fused-ring (bicyclic) bond motifs is 1. The first-order valence-corrected chi connectivity index (χ1v) is 11.8. The smallest absolute Gasteiger partial charge is 0.261 e. The average Bonchev–Trinajstić information content (AvgIpc) is 3.44. The molecule has 3 aromatic rings. The van der Waals surface area contributed by atoms with E-state index in [1.165, 1.54) is 4.90 Å². The van der Waals surface area contributed by atoms with E-state index in [-0.39, 0.29) is 36.8 Å². The van der Waals surface area contributed by atoms with Gasteiger partial charge in [0.2, 0.25) is 5.91 Å². The molecule has 1 atom stereocenters. The Kier molecular flexibility index (Phi) is 6.53. The van der Waals surface area contributed by atoms with Gasteiger partial charge in [-0.3, -0.25) is 19.3 Å². The minimum atomic E-state index is -0.341. The lowest BCUT2D eigenvalue weighted by Crippen LogP contribution is -2.36. The number of benzene rings is 3. The zero-order valence-corrected chi connectivity index (χ0v) is 19.6. The highest BCUT2D eigenvalue weighted by molar-refractivity contribution is 6.31. The number of nitrogens with zero attached hydrogens (tertiary/aromatic N) is 1. The van der Waals surface area contributed by atoms with Crippen molar-refractivity contribution in [1.29, 1.82) is 0 Å². The molecule has 1 N–H and O–H groups in total. The Morgan fingerprint density at radius 3 is 2.60 bits per heavy atom. The summed E-state index contributed by atoms with van der Waals surface area (Å²) < 4.78 is 11.5. The Balaban J connectivity index is 1.26. The predicted octanol–water partition coefficient (Wildman–Crippen LogP) is 5.09. The maximum Gasteiger partial charge on any atom is 0.261 e. The van der Waals surface area contributed by atoms with Gasteiger partial charge in [-0.25, -0.2) is 0 Å². The Labute approximate surface area is 207 Å².